The van der Waals surface area contributed by atoms with Crippen molar-refractivity contribution in [3.8, 4) is 5.75 Å². The Morgan fingerprint density at radius 2 is 1.41 bits per heavy atom. The third kappa shape index (κ3) is 4.39. The monoisotopic (exact) mass is 379 g/mol. The van der Waals surface area contributed by atoms with Crippen LogP contribution in [0.3, 0.4) is 0 Å². The predicted octanol–water partition coefficient (Wildman–Crippen LogP) is 6.65. The Morgan fingerprint density at radius 3 is 2.17 bits per heavy atom. The first-order chi connectivity index (χ1) is 14.2. The highest BCUT2D eigenvalue weighted by molar-refractivity contribution is 5.88. The lowest BCUT2D eigenvalue weighted by molar-refractivity contribution is 0.452. The summed E-state index contributed by atoms with van der Waals surface area (Å²) in [7, 11) is 0. The zero-order valence-corrected chi connectivity index (χ0v) is 16.5. The van der Waals surface area contributed by atoms with Crippen LogP contribution >= 0.6 is 0 Å². The van der Waals surface area contributed by atoms with E-state index in [1.165, 1.54) is 5.56 Å². The fourth-order valence-electron chi connectivity index (χ4n) is 3.72. The summed E-state index contributed by atoms with van der Waals surface area (Å²) in [5.41, 5.74) is 3.25. The molecule has 0 bridgehead atoms. The molecule has 0 aliphatic rings. The second kappa shape index (κ2) is 8.76. The van der Waals surface area contributed by atoms with Gasteiger partial charge in [0.1, 0.15) is 5.75 Å². The Bertz CT molecular complexity index is 1100. The molecule has 0 amide bonds. The van der Waals surface area contributed by atoms with Crippen molar-refractivity contribution in [2.75, 3.05) is 0 Å². The molecular formula is C27H25NO. The summed E-state index contributed by atoms with van der Waals surface area (Å²) in [6, 6.07) is 32.6. The number of nitrogens with one attached hydrogen (secondary N) is 1. The third-order valence-electron chi connectivity index (χ3n) is 5.27. The van der Waals surface area contributed by atoms with Gasteiger partial charge in [0.2, 0.25) is 0 Å². The second-order valence-electron chi connectivity index (χ2n) is 7.27. The van der Waals surface area contributed by atoms with E-state index in [0.717, 1.165) is 21.9 Å². The number of aromatic hydroxyl groups is 1. The van der Waals surface area contributed by atoms with E-state index in [4.69, 9.17) is 0 Å². The van der Waals surface area contributed by atoms with E-state index in [0.29, 0.717) is 5.75 Å². The van der Waals surface area contributed by atoms with Gasteiger partial charge in [-0.25, -0.2) is 0 Å². The minimum atomic E-state index is -0.142. The van der Waals surface area contributed by atoms with Crippen molar-refractivity contribution in [1.29, 1.82) is 0 Å². The summed E-state index contributed by atoms with van der Waals surface area (Å²) in [5, 5.41) is 16.7. The standard InChI is InChI=1S/C27H25NO/c1-20(22-12-6-3-7-13-22)28-25(18-16-21-10-4-2-5-11-21)27-24-15-9-8-14-23(24)17-19-26(27)29/h2-20,25,28-29H,1H3/b18-16+/t20-,25?/m1/s1. The van der Waals surface area contributed by atoms with Crippen LogP contribution in [0.2, 0.25) is 0 Å². The Hall–Kier alpha value is -3.36. The molecule has 2 N–H and O–H groups in total. The van der Waals surface area contributed by atoms with Gasteiger partial charge in [-0.1, -0.05) is 103 Å². The molecule has 4 aromatic rings. The lowest BCUT2D eigenvalue weighted by Gasteiger charge is -2.24. The molecule has 2 atom stereocenters. The van der Waals surface area contributed by atoms with Gasteiger partial charge in [-0.2, -0.15) is 0 Å². The zero-order valence-electron chi connectivity index (χ0n) is 16.5. The van der Waals surface area contributed by atoms with Crippen LogP contribution in [0.5, 0.6) is 5.75 Å². The molecule has 0 aromatic heterocycles. The van der Waals surface area contributed by atoms with Crippen molar-refractivity contribution in [1.82, 2.24) is 5.32 Å². The largest absolute Gasteiger partial charge is 0.508 e. The molecular weight excluding hydrogens is 354 g/mol. The molecule has 0 fully saturated rings. The summed E-state index contributed by atoms with van der Waals surface area (Å²) in [6.07, 6.45) is 4.24. The van der Waals surface area contributed by atoms with Gasteiger partial charge in [0.25, 0.3) is 0 Å². The van der Waals surface area contributed by atoms with Gasteiger partial charge < -0.3 is 5.11 Å². The summed E-state index contributed by atoms with van der Waals surface area (Å²) in [6.45, 7) is 2.15. The summed E-state index contributed by atoms with van der Waals surface area (Å²) >= 11 is 0. The number of phenolic OH excluding ortho intramolecular Hbond substituents is 1. The van der Waals surface area contributed by atoms with Crippen LogP contribution < -0.4 is 5.32 Å². The lowest BCUT2D eigenvalue weighted by atomic mass is 9.95. The van der Waals surface area contributed by atoms with Crippen LogP contribution in [0.15, 0.2) is 103 Å². The number of hydrogen-bond donors (Lipinski definition) is 2. The lowest BCUT2D eigenvalue weighted by Crippen LogP contribution is -2.23. The Labute approximate surface area is 172 Å². The van der Waals surface area contributed by atoms with Crippen LogP contribution in [0, 0.1) is 0 Å². The molecule has 2 nitrogen and oxygen atoms in total. The summed E-state index contributed by atoms with van der Waals surface area (Å²) in [4.78, 5) is 0. The molecule has 0 heterocycles. The van der Waals surface area contributed by atoms with Gasteiger partial charge in [-0.05, 0) is 34.9 Å². The van der Waals surface area contributed by atoms with Crippen LogP contribution in [0.4, 0.5) is 0 Å². The van der Waals surface area contributed by atoms with Crippen molar-refractivity contribution in [2.24, 2.45) is 0 Å². The molecule has 144 valence electrons. The molecule has 0 spiro atoms. The van der Waals surface area contributed by atoms with Crippen LogP contribution in [-0.2, 0) is 0 Å². The van der Waals surface area contributed by atoms with Crippen molar-refractivity contribution >= 4 is 16.8 Å². The SMILES string of the molecule is C[C@@H](NC(/C=C/c1ccccc1)c1c(O)ccc2ccccc12)c1ccccc1. The van der Waals surface area contributed by atoms with Gasteiger partial charge in [-0.3, -0.25) is 5.32 Å². The zero-order chi connectivity index (χ0) is 20.1. The molecule has 29 heavy (non-hydrogen) atoms. The van der Waals surface area contributed by atoms with E-state index in [1.807, 2.05) is 42.5 Å². The van der Waals surface area contributed by atoms with Crippen LogP contribution in [0.1, 0.15) is 35.7 Å². The van der Waals surface area contributed by atoms with Gasteiger partial charge in [-0.15, -0.1) is 0 Å². The minimum Gasteiger partial charge on any atom is -0.508 e. The highest BCUT2D eigenvalue weighted by Gasteiger charge is 2.19. The first-order valence-electron chi connectivity index (χ1n) is 9.97. The van der Waals surface area contributed by atoms with E-state index >= 15 is 0 Å². The normalized spacial score (nSPS) is 13.6. The molecule has 4 aromatic carbocycles. The summed E-state index contributed by atoms with van der Waals surface area (Å²) < 4.78 is 0. The van der Waals surface area contributed by atoms with E-state index in [1.54, 1.807) is 6.07 Å². The maximum absolute atomic E-state index is 10.8. The number of phenols is 1. The van der Waals surface area contributed by atoms with Crippen molar-refractivity contribution in [3.05, 3.63) is 120 Å². The fourth-order valence-corrected chi connectivity index (χ4v) is 3.72. The highest BCUT2D eigenvalue weighted by Crippen LogP contribution is 2.34. The van der Waals surface area contributed by atoms with Gasteiger partial charge in [0.05, 0.1) is 6.04 Å². The molecule has 0 aliphatic heterocycles. The van der Waals surface area contributed by atoms with Gasteiger partial charge >= 0.3 is 0 Å². The topological polar surface area (TPSA) is 32.3 Å². The van der Waals surface area contributed by atoms with Gasteiger partial charge in [0, 0.05) is 11.6 Å². The molecule has 1 unspecified atom stereocenters. The molecule has 0 saturated carbocycles. The maximum atomic E-state index is 10.8. The molecule has 2 heteroatoms. The Balaban J connectivity index is 1.76. The number of rotatable bonds is 6. The number of hydrogen-bond acceptors (Lipinski definition) is 2. The van der Waals surface area contributed by atoms with Crippen LogP contribution in [0.25, 0.3) is 16.8 Å². The third-order valence-corrected chi connectivity index (χ3v) is 5.27. The first-order valence-corrected chi connectivity index (χ1v) is 9.97. The van der Waals surface area contributed by atoms with E-state index < -0.39 is 0 Å². The maximum Gasteiger partial charge on any atom is 0.121 e. The van der Waals surface area contributed by atoms with Crippen molar-refractivity contribution in [2.45, 2.75) is 19.0 Å². The molecule has 0 radical (unpaired) electrons. The number of fused-ring (bicyclic) bond motifs is 1. The van der Waals surface area contributed by atoms with Crippen LogP contribution in [-0.4, -0.2) is 5.11 Å². The second-order valence-corrected chi connectivity index (χ2v) is 7.27. The fraction of sp³-hybridized carbons (Fsp3) is 0.111. The molecule has 0 aliphatic carbocycles. The molecule has 0 saturated heterocycles. The first kappa shape index (κ1) is 19.0. The Kier molecular flexibility index (Phi) is 5.73. The van der Waals surface area contributed by atoms with E-state index in [-0.39, 0.29) is 12.1 Å². The van der Waals surface area contributed by atoms with Crippen molar-refractivity contribution < 1.29 is 5.11 Å². The van der Waals surface area contributed by atoms with E-state index in [9.17, 15) is 5.11 Å². The summed E-state index contributed by atoms with van der Waals surface area (Å²) in [5.74, 6) is 0.305. The van der Waals surface area contributed by atoms with Crippen molar-refractivity contribution in [3.63, 3.8) is 0 Å². The molecule has 4 rings (SSSR count). The predicted molar refractivity (Wildman–Crippen MR) is 122 cm³/mol. The average molecular weight is 380 g/mol. The van der Waals surface area contributed by atoms with E-state index in [2.05, 4.69) is 72.9 Å². The smallest absolute Gasteiger partial charge is 0.121 e. The van der Waals surface area contributed by atoms with Gasteiger partial charge in [0.15, 0.2) is 0 Å². The Morgan fingerprint density at radius 1 is 0.759 bits per heavy atom. The quantitative estimate of drug-likeness (QED) is 0.393. The highest BCUT2D eigenvalue weighted by atomic mass is 16.3. The average Bonchev–Trinajstić information content (AvgIpc) is 2.78. The minimum absolute atomic E-state index is 0.125. The number of benzene rings is 4.